The lowest BCUT2D eigenvalue weighted by Crippen LogP contribution is -2.45. The first-order valence-electron chi connectivity index (χ1n) is 5.93. The Labute approximate surface area is 101 Å². The molecule has 17 heavy (non-hydrogen) atoms. The van der Waals surface area contributed by atoms with Crippen molar-refractivity contribution in [3.63, 3.8) is 0 Å². The van der Waals surface area contributed by atoms with Gasteiger partial charge in [-0.15, -0.1) is 0 Å². The lowest BCUT2D eigenvalue weighted by atomic mass is 9.90. The van der Waals surface area contributed by atoms with Crippen LogP contribution in [0.15, 0.2) is 24.3 Å². The Kier molecular flexibility index (Phi) is 3.74. The van der Waals surface area contributed by atoms with Gasteiger partial charge in [-0.1, -0.05) is 12.1 Å². The third-order valence-electron chi connectivity index (χ3n) is 3.13. The van der Waals surface area contributed by atoms with Crippen LogP contribution in [0.4, 0.5) is 4.39 Å². The topological polar surface area (TPSA) is 32.3 Å². The molecule has 0 atom stereocenters. The van der Waals surface area contributed by atoms with E-state index in [-0.39, 0.29) is 11.7 Å². The molecule has 1 aliphatic rings. The van der Waals surface area contributed by atoms with Crippen molar-refractivity contribution in [1.82, 2.24) is 10.4 Å². The number of carbonyl (C=O) groups excluding carboxylic acids is 1. The molecule has 0 aliphatic carbocycles. The summed E-state index contributed by atoms with van der Waals surface area (Å²) in [6, 6.07) is 6.81. The molecule has 92 valence electrons. The van der Waals surface area contributed by atoms with Gasteiger partial charge in [0.15, 0.2) is 0 Å². The molecule has 4 heteroatoms. The fourth-order valence-electron chi connectivity index (χ4n) is 2.31. The van der Waals surface area contributed by atoms with Crippen LogP contribution in [0, 0.1) is 5.82 Å². The maximum Gasteiger partial charge on any atom is 0.231 e. The minimum atomic E-state index is -0.174. The normalized spacial score (nSPS) is 18.0. The summed E-state index contributed by atoms with van der Waals surface area (Å²) < 4.78 is 13.1. The second-order valence-corrected chi connectivity index (χ2v) is 4.48. The lowest BCUT2D eigenvalue weighted by Gasteiger charge is -2.31. The van der Waals surface area contributed by atoms with E-state index in [0.29, 0.717) is 5.92 Å². The van der Waals surface area contributed by atoms with Gasteiger partial charge in [0.05, 0.1) is 0 Å². The van der Waals surface area contributed by atoms with Crippen molar-refractivity contribution in [2.45, 2.75) is 25.7 Å². The van der Waals surface area contributed by atoms with Crippen molar-refractivity contribution >= 4 is 5.91 Å². The second kappa shape index (κ2) is 5.27. The molecule has 0 spiro atoms. The predicted molar refractivity (Wildman–Crippen MR) is 63.8 cm³/mol. The van der Waals surface area contributed by atoms with Crippen molar-refractivity contribution in [2.24, 2.45) is 0 Å². The van der Waals surface area contributed by atoms with Crippen molar-refractivity contribution in [2.75, 3.05) is 13.1 Å². The van der Waals surface area contributed by atoms with Crippen LogP contribution in [0.25, 0.3) is 0 Å². The molecule has 1 aromatic carbocycles. The second-order valence-electron chi connectivity index (χ2n) is 4.48. The van der Waals surface area contributed by atoms with E-state index in [9.17, 15) is 9.18 Å². The number of hydrazine groups is 1. The Hall–Kier alpha value is -1.42. The highest BCUT2D eigenvalue weighted by atomic mass is 19.1. The molecule has 1 amide bonds. The summed E-state index contributed by atoms with van der Waals surface area (Å²) >= 11 is 0. The van der Waals surface area contributed by atoms with Crippen LogP contribution in [0.5, 0.6) is 0 Å². The quantitative estimate of drug-likeness (QED) is 0.852. The molecular weight excluding hydrogens is 219 g/mol. The number of nitrogens with zero attached hydrogens (tertiary/aromatic N) is 1. The molecule has 0 bridgehead atoms. The summed E-state index contributed by atoms with van der Waals surface area (Å²) in [7, 11) is 0. The zero-order valence-corrected chi connectivity index (χ0v) is 9.95. The van der Waals surface area contributed by atoms with Crippen LogP contribution >= 0.6 is 0 Å². The Morgan fingerprint density at radius 3 is 2.71 bits per heavy atom. The molecule has 1 N–H and O–H groups in total. The predicted octanol–water partition coefficient (Wildman–Crippen LogP) is 2.06. The summed E-state index contributed by atoms with van der Waals surface area (Å²) in [6.07, 6.45) is 1.90. The number of rotatable bonds is 2. The van der Waals surface area contributed by atoms with E-state index in [1.54, 1.807) is 12.1 Å². The Bertz CT molecular complexity index is 400. The molecule has 2 rings (SSSR count). The Morgan fingerprint density at radius 2 is 2.12 bits per heavy atom. The molecule has 3 nitrogen and oxygen atoms in total. The van der Waals surface area contributed by atoms with E-state index in [1.807, 2.05) is 11.1 Å². The zero-order chi connectivity index (χ0) is 12.3. The fourth-order valence-corrected chi connectivity index (χ4v) is 2.31. The van der Waals surface area contributed by atoms with Crippen molar-refractivity contribution in [3.8, 4) is 0 Å². The first kappa shape index (κ1) is 12.0. The average molecular weight is 236 g/mol. The first-order valence-corrected chi connectivity index (χ1v) is 5.93. The molecule has 1 aliphatic heterocycles. The molecule has 1 saturated heterocycles. The van der Waals surface area contributed by atoms with Crippen LogP contribution in [0.2, 0.25) is 0 Å². The smallest absolute Gasteiger partial charge is 0.231 e. The van der Waals surface area contributed by atoms with Gasteiger partial charge in [-0.05, 0) is 36.5 Å². The van der Waals surface area contributed by atoms with Gasteiger partial charge in [0.25, 0.3) is 0 Å². The number of hydrogen-bond acceptors (Lipinski definition) is 2. The third kappa shape index (κ3) is 3.27. The maximum absolute atomic E-state index is 13.1. The molecule has 1 fully saturated rings. The summed E-state index contributed by atoms with van der Waals surface area (Å²) in [6.45, 7) is 3.15. The largest absolute Gasteiger partial charge is 0.289 e. The number of benzene rings is 1. The SMILES string of the molecule is CC(=O)NN1CCC(c2cccc(F)c2)CC1. The van der Waals surface area contributed by atoms with E-state index in [0.717, 1.165) is 31.5 Å². The van der Waals surface area contributed by atoms with Gasteiger partial charge in [0, 0.05) is 20.0 Å². The standard InChI is InChI=1S/C13H17FN2O/c1-10(17)15-16-7-5-11(6-8-16)12-3-2-4-13(14)9-12/h2-4,9,11H,5-8H2,1H3,(H,15,17). The average Bonchev–Trinajstić information content (AvgIpc) is 2.29. The molecule has 0 unspecified atom stereocenters. The minimum Gasteiger partial charge on any atom is -0.289 e. The van der Waals surface area contributed by atoms with Crippen LogP contribution < -0.4 is 5.43 Å². The molecule has 0 radical (unpaired) electrons. The van der Waals surface area contributed by atoms with E-state index in [1.165, 1.54) is 13.0 Å². The van der Waals surface area contributed by atoms with Gasteiger partial charge >= 0.3 is 0 Å². The third-order valence-corrected chi connectivity index (χ3v) is 3.13. The van der Waals surface area contributed by atoms with Crippen LogP contribution in [0.3, 0.4) is 0 Å². The highest BCUT2D eigenvalue weighted by Crippen LogP contribution is 2.27. The lowest BCUT2D eigenvalue weighted by molar-refractivity contribution is -0.124. The van der Waals surface area contributed by atoms with Gasteiger partial charge in [-0.2, -0.15) is 0 Å². The monoisotopic (exact) mass is 236 g/mol. The zero-order valence-electron chi connectivity index (χ0n) is 9.95. The van der Waals surface area contributed by atoms with Crippen molar-refractivity contribution in [3.05, 3.63) is 35.6 Å². The molecule has 0 saturated carbocycles. The fraction of sp³-hybridized carbons (Fsp3) is 0.462. The van der Waals surface area contributed by atoms with Crippen molar-refractivity contribution in [1.29, 1.82) is 0 Å². The van der Waals surface area contributed by atoms with E-state index in [2.05, 4.69) is 5.43 Å². The summed E-state index contributed by atoms with van der Waals surface area (Å²) in [4.78, 5) is 10.9. The minimum absolute atomic E-state index is 0.0331. The molecule has 0 aromatic heterocycles. The van der Waals surface area contributed by atoms with E-state index in [4.69, 9.17) is 0 Å². The number of nitrogens with one attached hydrogen (secondary N) is 1. The maximum atomic E-state index is 13.1. The number of halogens is 1. The van der Waals surface area contributed by atoms with Gasteiger partial charge in [-0.25, -0.2) is 9.40 Å². The number of hydrogen-bond donors (Lipinski definition) is 1. The van der Waals surface area contributed by atoms with E-state index >= 15 is 0 Å². The molecule has 1 heterocycles. The van der Waals surface area contributed by atoms with Gasteiger partial charge in [0.2, 0.25) is 5.91 Å². The summed E-state index contributed by atoms with van der Waals surface area (Å²) in [5.41, 5.74) is 3.85. The first-order chi connectivity index (χ1) is 8.15. The summed E-state index contributed by atoms with van der Waals surface area (Å²) in [5.74, 6) is 0.191. The van der Waals surface area contributed by atoms with Gasteiger partial charge in [-0.3, -0.25) is 10.2 Å². The van der Waals surface area contributed by atoms with Crippen LogP contribution in [0.1, 0.15) is 31.2 Å². The van der Waals surface area contributed by atoms with Gasteiger partial charge < -0.3 is 0 Å². The van der Waals surface area contributed by atoms with E-state index < -0.39 is 0 Å². The number of piperidine rings is 1. The van der Waals surface area contributed by atoms with Crippen molar-refractivity contribution < 1.29 is 9.18 Å². The Balaban J connectivity index is 1.93. The molecular formula is C13H17FN2O. The van der Waals surface area contributed by atoms with Crippen LogP contribution in [-0.2, 0) is 4.79 Å². The molecule has 1 aromatic rings. The van der Waals surface area contributed by atoms with Crippen LogP contribution in [-0.4, -0.2) is 24.0 Å². The summed E-state index contributed by atoms with van der Waals surface area (Å²) in [5, 5.41) is 1.93. The highest BCUT2D eigenvalue weighted by Gasteiger charge is 2.21. The number of amides is 1. The van der Waals surface area contributed by atoms with Gasteiger partial charge in [0.1, 0.15) is 5.82 Å². The number of carbonyl (C=O) groups is 1. The highest BCUT2D eigenvalue weighted by molar-refractivity contribution is 5.72. The Morgan fingerprint density at radius 1 is 1.41 bits per heavy atom.